The van der Waals surface area contributed by atoms with Gasteiger partial charge in [0.25, 0.3) is 5.91 Å². The number of hydrogen-bond acceptors (Lipinski definition) is 3. The number of aromatic amines is 1. The second-order valence-corrected chi connectivity index (χ2v) is 7.67. The predicted molar refractivity (Wildman–Crippen MR) is 111 cm³/mol. The van der Waals surface area contributed by atoms with Crippen LogP contribution in [0.4, 0.5) is 0 Å². The molecule has 3 aromatic rings. The molecule has 28 heavy (non-hydrogen) atoms. The number of nitrogens with zero attached hydrogens (tertiary/aromatic N) is 1. The number of benzene rings is 2. The van der Waals surface area contributed by atoms with E-state index in [-0.39, 0.29) is 17.9 Å². The van der Waals surface area contributed by atoms with Crippen LogP contribution in [-0.2, 0) is 5.60 Å². The first kappa shape index (κ1) is 19.8. The molecule has 0 saturated carbocycles. The summed E-state index contributed by atoms with van der Waals surface area (Å²) in [6, 6.07) is 15.4. The Morgan fingerprint density at radius 3 is 2.36 bits per heavy atom. The molecule has 0 saturated heterocycles. The molecule has 1 heterocycles. The van der Waals surface area contributed by atoms with Gasteiger partial charge in [-0.15, -0.1) is 0 Å². The highest BCUT2D eigenvalue weighted by Gasteiger charge is 2.36. The molecule has 1 aromatic heterocycles. The van der Waals surface area contributed by atoms with Gasteiger partial charge < -0.3 is 15.4 Å². The molecule has 1 unspecified atom stereocenters. The van der Waals surface area contributed by atoms with E-state index in [4.69, 9.17) is 0 Å². The van der Waals surface area contributed by atoms with Gasteiger partial charge in [-0.3, -0.25) is 4.79 Å². The molecule has 0 aliphatic heterocycles. The Hall–Kier alpha value is -2.92. The Kier molecular flexibility index (Phi) is 5.66. The van der Waals surface area contributed by atoms with Crippen LogP contribution in [0.2, 0.25) is 0 Å². The number of nitrogens with one attached hydrogen (secondary N) is 2. The normalized spacial score (nSPS) is 13.5. The van der Waals surface area contributed by atoms with E-state index in [0.29, 0.717) is 11.3 Å². The first-order valence-electron chi connectivity index (χ1n) is 9.55. The molecule has 0 fully saturated rings. The van der Waals surface area contributed by atoms with E-state index in [9.17, 15) is 9.90 Å². The highest BCUT2D eigenvalue weighted by Crippen LogP contribution is 2.36. The summed E-state index contributed by atoms with van der Waals surface area (Å²) in [7, 11) is 0. The lowest BCUT2D eigenvalue weighted by molar-refractivity contribution is 0.0279. The quantitative estimate of drug-likeness (QED) is 0.605. The lowest BCUT2D eigenvalue weighted by Gasteiger charge is -2.31. The summed E-state index contributed by atoms with van der Waals surface area (Å²) in [5.41, 5.74) is 2.89. The highest BCUT2D eigenvalue weighted by atomic mass is 16.3. The largest absolute Gasteiger partial charge is 0.379 e. The molecule has 146 valence electrons. The number of carbonyl (C=O) groups is 1. The van der Waals surface area contributed by atoms with E-state index < -0.39 is 5.60 Å². The minimum Gasteiger partial charge on any atom is -0.379 e. The standard InChI is InChI=1S/C23H27N3O2/c1-15(2)23(28,21-13-24-14-25-21)20-10-8-17(9-11-20)18-6-5-7-19(12-18)22(27)26-16(3)4/h5-16,28H,1-4H3,(H,24,25)(H,26,27). The maximum Gasteiger partial charge on any atom is 0.251 e. The van der Waals surface area contributed by atoms with Gasteiger partial charge in [0.2, 0.25) is 0 Å². The molecule has 2 aromatic carbocycles. The topological polar surface area (TPSA) is 78.0 Å². The number of carbonyl (C=O) groups excluding carboxylic acids is 1. The van der Waals surface area contributed by atoms with Gasteiger partial charge in [0.15, 0.2) is 0 Å². The zero-order valence-corrected chi connectivity index (χ0v) is 16.7. The molecule has 0 spiro atoms. The summed E-state index contributed by atoms with van der Waals surface area (Å²) >= 11 is 0. The van der Waals surface area contributed by atoms with Crippen molar-refractivity contribution in [1.29, 1.82) is 0 Å². The fourth-order valence-corrected chi connectivity index (χ4v) is 3.37. The first-order chi connectivity index (χ1) is 13.3. The average Bonchev–Trinajstić information content (AvgIpc) is 3.22. The third-order valence-corrected chi connectivity index (χ3v) is 4.95. The van der Waals surface area contributed by atoms with Gasteiger partial charge in [-0.2, -0.15) is 0 Å². The van der Waals surface area contributed by atoms with Crippen LogP contribution in [0.15, 0.2) is 61.1 Å². The highest BCUT2D eigenvalue weighted by molar-refractivity contribution is 5.95. The van der Waals surface area contributed by atoms with Crippen LogP contribution in [0.25, 0.3) is 11.1 Å². The lowest BCUT2D eigenvalue weighted by atomic mass is 9.80. The summed E-state index contributed by atoms with van der Waals surface area (Å²) < 4.78 is 0. The molecule has 5 nitrogen and oxygen atoms in total. The number of imidazole rings is 1. The van der Waals surface area contributed by atoms with Crippen molar-refractivity contribution in [2.24, 2.45) is 5.92 Å². The summed E-state index contributed by atoms with van der Waals surface area (Å²) in [5, 5.41) is 14.3. The molecule has 0 radical (unpaired) electrons. The number of H-pyrrole nitrogens is 1. The Labute approximate surface area is 165 Å². The van der Waals surface area contributed by atoms with Crippen LogP contribution in [0, 0.1) is 5.92 Å². The SMILES string of the molecule is CC(C)NC(=O)c1cccc(-c2ccc(C(O)(c3cnc[nH]3)C(C)C)cc2)c1. The van der Waals surface area contributed by atoms with Gasteiger partial charge in [0.1, 0.15) is 5.60 Å². The minimum absolute atomic E-state index is 0.0399. The Bertz CT molecular complexity index is 931. The third kappa shape index (κ3) is 3.85. The van der Waals surface area contributed by atoms with Crippen LogP contribution in [0.1, 0.15) is 49.3 Å². The van der Waals surface area contributed by atoms with Crippen molar-refractivity contribution in [3.63, 3.8) is 0 Å². The van der Waals surface area contributed by atoms with Gasteiger partial charge >= 0.3 is 0 Å². The summed E-state index contributed by atoms with van der Waals surface area (Å²) in [6.45, 7) is 7.84. The number of aliphatic hydroxyl groups is 1. The number of rotatable bonds is 6. The van der Waals surface area contributed by atoms with E-state index in [2.05, 4.69) is 15.3 Å². The van der Waals surface area contributed by atoms with Crippen LogP contribution >= 0.6 is 0 Å². The molecule has 0 aliphatic carbocycles. The third-order valence-electron chi connectivity index (χ3n) is 4.95. The fraction of sp³-hybridized carbons (Fsp3) is 0.304. The number of hydrogen-bond donors (Lipinski definition) is 3. The molecule has 3 N–H and O–H groups in total. The van der Waals surface area contributed by atoms with Crippen LogP contribution < -0.4 is 5.32 Å². The van der Waals surface area contributed by atoms with Gasteiger partial charge in [-0.25, -0.2) is 4.98 Å². The molecule has 1 atom stereocenters. The van der Waals surface area contributed by atoms with E-state index in [1.807, 2.05) is 76.2 Å². The van der Waals surface area contributed by atoms with Crippen molar-refractivity contribution in [3.8, 4) is 11.1 Å². The maximum absolute atomic E-state index is 12.3. The summed E-state index contributed by atoms with van der Waals surface area (Å²) in [5.74, 6) is -0.122. The van der Waals surface area contributed by atoms with E-state index in [1.165, 1.54) is 0 Å². The van der Waals surface area contributed by atoms with Crippen LogP contribution in [0.3, 0.4) is 0 Å². The second-order valence-electron chi connectivity index (χ2n) is 7.67. The van der Waals surface area contributed by atoms with Gasteiger partial charge in [0, 0.05) is 11.6 Å². The van der Waals surface area contributed by atoms with Crippen molar-refractivity contribution in [3.05, 3.63) is 77.9 Å². The number of aromatic nitrogens is 2. The Balaban J connectivity index is 1.92. The van der Waals surface area contributed by atoms with Crippen LogP contribution in [0.5, 0.6) is 0 Å². The minimum atomic E-state index is -1.14. The maximum atomic E-state index is 12.3. The fourth-order valence-electron chi connectivity index (χ4n) is 3.37. The zero-order valence-electron chi connectivity index (χ0n) is 16.7. The van der Waals surface area contributed by atoms with E-state index in [1.54, 1.807) is 12.5 Å². The van der Waals surface area contributed by atoms with Gasteiger partial charge in [-0.05, 0) is 48.6 Å². The van der Waals surface area contributed by atoms with Crippen molar-refractivity contribution in [2.45, 2.75) is 39.3 Å². The van der Waals surface area contributed by atoms with E-state index >= 15 is 0 Å². The molecular formula is C23H27N3O2. The summed E-state index contributed by atoms with van der Waals surface area (Å²) in [4.78, 5) is 19.4. The molecule has 3 rings (SSSR count). The smallest absolute Gasteiger partial charge is 0.251 e. The van der Waals surface area contributed by atoms with Crippen LogP contribution in [-0.4, -0.2) is 27.0 Å². The lowest BCUT2D eigenvalue weighted by Crippen LogP contribution is -2.33. The second kappa shape index (κ2) is 7.98. The molecular weight excluding hydrogens is 350 g/mol. The van der Waals surface area contributed by atoms with Crippen molar-refractivity contribution in [2.75, 3.05) is 0 Å². The Morgan fingerprint density at radius 1 is 1.07 bits per heavy atom. The van der Waals surface area contributed by atoms with Gasteiger partial charge in [-0.1, -0.05) is 50.2 Å². The van der Waals surface area contributed by atoms with Crippen molar-refractivity contribution in [1.82, 2.24) is 15.3 Å². The monoisotopic (exact) mass is 377 g/mol. The van der Waals surface area contributed by atoms with Crippen molar-refractivity contribution >= 4 is 5.91 Å². The molecule has 0 bridgehead atoms. The van der Waals surface area contributed by atoms with Crippen molar-refractivity contribution < 1.29 is 9.90 Å². The first-order valence-corrected chi connectivity index (χ1v) is 9.55. The average molecular weight is 377 g/mol. The van der Waals surface area contributed by atoms with E-state index in [0.717, 1.165) is 16.7 Å². The molecule has 0 aliphatic rings. The predicted octanol–water partition coefficient (Wildman–Crippen LogP) is 4.11. The summed E-state index contributed by atoms with van der Waals surface area (Å²) in [6.07, 6.45) is 3.23. The number of amides is 1. The zero-order chi connectivity index (χ0) is 20.3. The molecule has 5 heteroatoms. The Morgan fingerprint density at radius 2 is 1.79 bits per heavy atom. The van der Waals surface area contributed by atoms with Gasteiger partial charge in [0.05, 0.1) is 18.2 Å². The molecule has 1 amide bonds.